The van der Waals surface area contributed by atoms with E-state index in [9.17, 15) is 9.59 Å². The second-order valence-electron chi connectivity index (χ2n) is 3.00. The predicted octanol–water partition coefficient (Wildman–Crippen LogP) is 1.53. The number of aliphatic carboxylic acids is 1. The van der Waals surface area contributed by atoms with E-state index in [0.29, 0.717) is 0 Å². The van der Waals surface area contributed by atoms with Gasteiger partial charge in [-0.05, 0) is 24.3 Å². The van der Waals surface area contributed by atoms with Crippen molar-refractivity contribution in [3.05, 3.63) is 29.8 Å². The topological polar surface area (TPSA) is 96.2 Å². The van der Waals surface area contributed by atoms with Crippen molar-refractivity contribution >= 4 is 40.9 Å². The molecule has 96 valence electrons. The van der Waals surface area contributed by atoms with E-state index in [2.05, 4.69) is 9.99 Å². The highest BCUT2D eigenvalue weighted by atomic mass is 35.5. The molecule has 0 aromatic heterocycles. The summed E-state index contributed by atoms with van der Waals surface area (Å²) < 4.78 is 0. The highest BCUT2D eigenvalue weighted by Crippen LogP contribution is 2.11. The SMILES string of the molecule is O=C(O)/C(=N/OC(=O)C(Cl)Cl)c1ccc(O)cc1. The third-order valence-corrected chi connectivity index (χ3v) is 2.10. The average Bonchev–Trinajstić information content (AvgIpc) is 2.30. The Labute approximate surface area is 111 Å². The number of carboxylic acid groups (broad SMARTS) is 1. The smallest absolute Gasteiger partial charge is 0.367 e. The number of alkyl halides is 2. The number of rotatable bonds is 4. The molecule has 0 saturated carbocycles. The van der Waals surface area contributed by atoms with E-state index in [1.165, 1.54) is 24.3 Å². The van der Waals surface area contributed by atoms with Crippen LogP contribution in [0.1, 0.15) is 5.56 Å². The van der Waals surface area contributed by atoms with Gasteiger partial charge < -0.3 is 15.1 Å². The van der Waals surface area contributed by atoms with Gasteiger partial charge in [0.05, 0.1) is 0 Å². The maximum absolute atomic E-state index is 10.9. The third-order valence-electron chi connectivity index (χ3n) is 1.75. The van der Waals surface area contributed by atoms with Gasteiger partial charge in [0.1, 0.15) is 5.75 Å². The van der Waals surface area contributed by atoms with E-state index >= 15 is 0 Å². The van der Waals surface area contributed by atoms with Crippen LogP contribution in [0.2, 0.25) is 0 Å². The molecular formula is C10H7Cl2NO5. The van der Waals surface area contributed by atoms with Gasteiger partial charge in [-0.25, -0.2) is 9.59 Å². The van der Waals surface area contributed by atoms with Crippen LogP contribution < -0.4 is 0 Å². The lowest BCUT2D eigenvalue weighted by molar-refractivity contribution is -0.141. The molecule has 1 aromatic rings. The van der Waals surface area contributed by atoms with Gasteiger partial charge in [-0.3, -0.25) is 0 Å². The molecule has 0 saturated heterocycles. The van der Waals surface area contributed by atoms with Crippen molar-refractivity contribution in [2.75, 3.05) is 0 Å². The van der Waals surface area contributed by atoms with Crippen LogP contribution in [0.4, 0.5) is 0 Å². The van der Waals surface area contributed by atoms with E-state index in [-0.39, 0.29) is 11.3 Å². The van der Waals surface area contributed by atoms with E-state index < -0.39 is 22.5 Å². The van der Waals surface area contributed by atoms with Crippen LogP contribution in [-0.2, 0) is 14.4 Å². The number of phenolic OH excluding ortho intramolecular Hbond substituents is 1. The van der Waals surface area contributed by atoms with Crippen LogP contribution >= 0.6 is 23.2 Å². The Hall–Kier alpha value is -1.79. The number of phenols is 1. The standard InChI is InChI=1S/C10H7Cl2NO5/c11-8(12)10(17)18-13-7(9(15)16)5-1-3-6(14)4-2-5/h1-4,8,14H,(H,15,16)/b13-7+. The largest absolute Gasteiger partial charge is 0.508 e. The van der Waals surface area contributed by atoms with Gasteiger partial charge in [-0.1, -0.05) is 28.4 Å². The summed E-state index contributed by atoms with van der Waals surface area (Å²) in [5.74, 6) is -2.54. The molecule has 2 N–H and O–H groups in total. The van der Waals surface area contributed by atoms with Crippen LogP contribution in [-0.4, -0.2) is 32.7 Å². The first-order chi connectivity index (χ1) is 8.41. The van der Waals surface area contributed by atoms with Crippen LogP contribution in [0.5, 0.6) is 5.75 Å². The molecule has 0 heterocycles. The quantitative estimate of drug-likeness (QED) is 0.379. The molecule has 6 nitrogen and oxygen atoms in total. The van der Waals surface area contributed by atoms with Gasteiger partial charge in [0, 0.05) is 5.56 Å². The van der Waals surface area contributed by atoms with Gasteiger partial charge >= 0.3 is 11.9 Å². The summed E-state index contributed by atoms with van der Waals surface area (Å²) in [5.41, 5.74) is -0.369. The van der Waals surface area contributed by atoms with Crippen molar-refractivity contribution in [2.45, 2.75) is 4.84 Å². The Balaban J connectivity index is 2.96. The molecule has 0 spiro atoms. The molecule has 0 aliphatic carbocycles. The molecule has 0 bridgehead atoms. The Morgan fingerprint density at radius 2 is 1.78 bits per heavy atom. The second kappa shape index (κ2) is 6.23. The molecule has 0 amide bonds. The summed E-state index contributed by atoms with van der Waals surface area (Å²) in [6.45, 7) is 0. The van der Waals surface area contributed by atoms with Crippen molar-refractivity contribution in [2.24, 2.45) is 5.16 Å². The van der Waals surface area contributed by atoms with Crippen molar-refractivity contribution in [1.29, 1.82) is 0 Å². The van der Waals surface area contributed by atoms with Gasteiger partial charge in [-0.15, -0.1) is 0 Å². The zero-order valence-corrected chi connectivity index (χ0v) is 10.2. The number of benzene rings is 1. The van der Waals surface area contributed by atoms with Crippen molar-refractivity contribution in [1.82, 2.24) is 0 Å². The summed E-state index contributed by atoms with van der Waals surface area (Å²) in [7, 11) is 0. The number of aromatic hydroxyl groups is 1. The van der Waals surface area contributed by atoms with Gasteiger partial charge in [-0.2, -0.15) is 0 Å². The van der Waals surface area contributed by atoms with Crippen LogP contribution in [0.3, 0.4) is 0 Å². The molecule has 0 atom stereocenters. The first-order valence-electron chi connectivity index (χ1n) is 4.51. The van der Waals surface area contributed by atoms with E-state index in [1.807, 2.05) is 0 Å². The first kappa shape index (κ1) is 14.3. The zero-order chi connectivity index (χ0) is 13.7. The number of hydrogen-bond donors (Lipinski definition) is 2. The zero-order valence-electron chi connectivity index (χ0n) is 8.71. The second-order valence-corrected chi connectivity index (χ2v) is 4.10. The number of hydrogen-bond acceptors (Lipinski definition) is 5. The van der Waals surface area contributed by atoms with Crippen LogP contribution in [0, 0.1) is 0 Å². The maximum Gasteiger partial charge on any atom is 0.367 e. The van der Waals surface area contributed by atoms with Crippen molar-refractivity contribution in [3.63, 3.8) is 0 Å². The minimum atomic E-state index is -1.45. The molecule has 0 aliphatic rings. The van der Waals surface area contributed by atoms with Gasteiger partial charge in [0.2, 0.25) is 4.84 Å². The average molecular weight is 292 g/mol. The van der Waals surface area contributed by atoms with E-state index in [4.69, 9.17) is 33.4 Å². The summed E-state index contributed by atoms with van der Waals surface area (Å²) >= 11 is 10.4. The molecule has 0 unspecified atom stereocenters. The lowest BCUT2D eigenvalue weighted by Crippen LogP contribution is -2.17. The number of carbonyl (C=O) groups is 2. The number of carbonyl (C=O) groups excluding carboxylic acids is 1. The van der Waals surface area contributed by atoms with E-state index in [0.717, 1.165) is 0 Å². The number of nitrogens with zero attached hydrogens (tertiary/aromatic N) is 1. The van der Waals surface area contributed by atoms with Crippen LogP contribution in [0.15, 0.2) is 29.4 Å². The minimum Gasteiger partial charge on any atom is -0.508 e. The molecule has 0 fully saturated rings. The molecule has 8 heteroatoms. The van der Waals surface area contributed by atoms with Crippen LogP contribution in [0.25, 0.3) is 0 Å². The van der Waals surface area contributed by atoms with Gasteiger partial charge in [0.15, 0.2) is 5.71 Å². The highest BCUT2D eigenvalue weighted by Gasteiger charge is 2.17. The number of halogens is 2. The molecule has 0 radical (unpaired) electrons. The summed E-state index contributed by atoms with van der Waals surface area (Å²) in [5, 5.41) is 21.1. The van der Waals surface area contributed by atoms with E-state index in [1.54, 1.807) is 0 Å². The fourth-order valence-corrected chi connectivity index (χ4v) is 1.04. The Morgan fingerprint density at radius 3 is 2.22 bits per heavy atom. The monoisotopic (exact) mass is 291 g/mol. The lowest BCUT2D eigenvalue weighted by Gasteiger charge is -2.02. The molecule has 1 rings (SSSR count). The maximum atomic E-state index is 10.9. The Kier molecular flexibility index (Phi) is 4.94. The fourth-order valence-electron chi connectivity index (χ4n) is 0.965. The predicted molar refractivity (Wildman–Crippen MR) is 63.9 cm³/mol. The fraction of sp³-hybridized carbons (Fsp3) is 0.100. The van der Waals surface area contributed by atoms with Crippen molar-refractivity contribution < 1.29 is 24.6 Å². The minimum absolute atomic E-state index is 0.0398. The normalized spacial score (nSPS) is 11.4. The number of oxime groups is 1. The summed E-state index contributed by atoms with van der Waals surface area (Å²) in [4.78, 5) is 24.6. The first-order valence-corrected chi connectivity index (χ1v) is 5.39. The van der Waals surface area contributed by atoms with Crippen molar-refractivity contribution in [3.8, 4) is 5.75 Å². The van der Waals surface area contributed by atoms with Gasteiger partial charge in [0.25, 0.3) is 0 Å². The Morgan fingerprint density at radius 1 is 1.22 bits per heavy atom. The highest BCUT2D eigenvalue weighted by molar-refractivity contribution is 6.53. The third kappa shape index (κ3) is 3.90. The lowest BCUT2D eigenvalue weighted by atomic mass is 10.1. The molecule has 0 aliphatic heterocycles. The summed E-state index contributed by atoms with van der Waals surface area (Å²) in [6.07, 6.45) is 0. The molecule has 1 aromatic carbocycles. The summed E-state index contributed by atoms with van der Waals surface area (Å²) in [6, 6.07) is 5.13. The number of carboxylic acids is 1. The Bertz CT molecular complexity index is 484. The molecular weight excluding hydrogens is 285 g/mol. The molecule has 18 heavy (non-hydrogen) atoms.